The van der Waals surface area contributed by atoms with Crippen LogP contribution in [0.15, 0.2) is 65.5 Å². The van der Waals surface area contributed by atoms with Gasteiger partial charge in [-0.1, -0.05) is 56.4 Å². The first-order valence-electron chi connectivity index (χ1n) is 16.5. The van der Waals surface area contributed by atoms with E-state index in [0.717, 1.165) is 22.6 Å². The second kappa shape index (κ2) is 13.5. The Hall–Kier alpha value is -4.21. The molecule has 1 aliphatic heterocycles. The van der Waals surface area contributed by atoms with Crippen molar-refractivity contribution in [3.63, 3.8) is 0 Å². The maximum absolute atomic E-state index is 12.6. The number of rotatable bonds is 9. The minimum Gasteiger partial charge on any atom is -0.338 e. The summed E-state index contributed by atoms with van der Waals surface area (Å²) in [4.78, 5) is 22.7. The van der Waals surface area contributed by atoms with Crippen molar-refractivity contribution in [2.75, 3.05) is 4.90 Å². The number of unbranched alkanes of at least 4 members (excludes halogenated alkanes) is 3. The molecule has 0 saturated heterocycles. The van der Waals surface area contributed by atoms with E-state index in [4.69, 9.17) is 0 Å². The van der Waals surface area contributed by atoms with E-state index in [1.165, 1.54) is 93.2 Å². The SMILES string of the molecule is CCCCCCc1cc(-c2ccc3c(c2)C2CCCC2N3c2ccc(C)cc2)sc1-c1ccc(/C=c2\sc(=C(C#N)C#N)[nH]c2=O)s1. The number of aromatic nitrogens is 1. The standard InChI is InChI=1S/C39H36N4OS3/c1-3-4-5-6-8-26-20-35(46-37(26)34-18-16-29(45-34)21-36-38(44)42-39(47-36)27(22-40)23-41)25-13-17-33-31(19-25)30-9-7-10-32(30)43(33)28-14-11-24(2)12-15-28/h11-21,30,32H,3-10H2,1-2H3,(H,42,44)/b36-21-. The zero-order valence-electron chi connectivity index (χ0n) is 26.6. The molecule has 4 heterocycles. The number of anilines is 2. The van der Waals surface area contributed by atoms with Gasteiger partial charge in [0.1, 0.15) is 16.8 Å². The largest absolute Gasteiger partial charge is 0.338 e. The fourth-order valence-electron chi connectivity index (χ4n) is 7.12. The van der Waals surface area contributed by atoms with Crippen LogP contribution in [0.4, 0.5) is 11.4 Å². The number of benzene rings is 2. The summed E-state index contributed by atoms with van der Waals surface area (Å²) in [6, 6.07) is 27.1. The molecule has 1 N–H and O–H groups in total. The summed E-state index contributed by atoms with van der Waals surface area (Å²) in [5.74, 6) is 0.575. The lowest BCUT2D eigenvalue weighted by molar-refractivity contribution is 0.642. The van der Waals surface area contributed by atoms with Crippen molar-refractivity contribution in [3.8, 4) is 32.3 Å². The second-order valence-corrected chi connectivity index (χ2v) is 15.8. The lowest BCUT2D eigenvalue weighted by Crippen LogP contribution is -2.26. The Balaban J connectivity index is 1.24. The minimum atomic E-state index is -0.278. The molecule has 1 saturated carbocycles. The highest BCUT2D eigenvalue weighted by Crippen LogP contribution is 2.53. The molecule has 0 amide bonds. The summed E-state index contributed by atoms with van der Waals surface area (Å²) in [6.07, 6.45) is 11.5. The first-order valence-corrected chi connectivity index (χ1v) is 18.9. The van der Waals surface area contributed by atoms with Crippen LogP contribution in [0.25, 0.3) is 31.8 Å². The van der Waals surface area contributed by atoms with Gasteiger partial charge in [-0.3, -0.25) is 4.79 Å². The zero-order chi connectivity index (χ0) is 32.5. The van der Waals surface area contributed by atoms with Crippen molar-refractivity contribution in [3.05, 3.63) is 102 Å². The average Bonchev–Trinajstić information content (AvgIpc) is 3.91. The number of thiophene rings is 2. The topological polar surface area (TPSA) is 83.7 Å². The molecule has 2 aliphatic rings. The number of thiazole rings is 1. The normalized spacial score (nSPS) is 17.0. The minimum absolute atomic E-state index is 0.0738. The van der Waals surface area contributed by atoms with E-state index in [0.29, 0.717) is 21.2 Å². The fourth-order valence-corrected chi connectivity index (χ4v) is 10.4. The molecule has 0 spiro atoms. The van der Waals surface area contributed by atoms with E-state index < -0.39 is 0 Å². The lowest BCUT2D eigenvalue weighted by atomic mass is 9.95. The molecule has 1 aliphatic carbocycles. The summed E-state index contributed by atoms with van der Waals surface area (Å²) >= 11 is 4.71. The number of fused-ring (bicyclic) bond motifs is 3. The third-order valence-corrected chi connectivity index (χ3v) is 12.9. The van der Waals surface area contributed by atoms with Gasteiger partial charge in [0.25, 0.3) is 5.56 Å². The van der Waals surface area contributed by atoms with E-state index >= 15 is 0 Å². The van der Waals surface area contributed by atoms with Crippen molar-refractivity contribution in [1.29, 1.82) is 10.5 Å². The van der Waals surface area contributed by atoms with Gasteiger partial charge in [-0.15, -0.1) is 34.0 Å². The fraction of sp³-hybridized carbons (Fsp3) is 0.308. The second-order valence-electron chi connectivity index (χ2n) is 12.6. The van der Waals surface area contributed by atoms with Crippen LogP contribution in [0, 0.1) is 29.6 Å². The molecule has 5 aromatic rings. The molecule has 7 rings (SSSR count). The van der Waals surface area contributed by atoms with Crippen LogP contribution in [0.5, 0.6) is 0 Å². The Morgan fingerprint density at radius 3 is 2.57 bits per heavy atom. The smallest absolute Gasteiger partial charge is 0.266 e. The predicted molar refractivity (Wildman–Crippen MR) is 197 cm³/mol. The Morgan fingerprint density at radius 1 is 0.957 bits per heavy atom. The van der Waals surface area contributed by atoms with E-state index in [-0.39, 0.29) is 11.1 Å². The van der Waals surface area contributed by atoms with Gasteiger partial charge >= 0.3 is 0 Å². The molecule has 0 radical (unpaired) electrons. The Morgan fingerprint density at radius 2 is 1.79 bits per heavy atom. The van der Waals surface area contributed by atoms with Gasteiger partial charge in [0.2, 0.25) is 0 Å². The highest BCUT2D eigenvalue weighted by atomic mass is 32.1. The van der Waals surface area contributed by atoms with Gasteiger partial charge in [0.05, 0.1) is 4.53 Å². The van der Waals surface area contributed by atoms with Gasteiger partial charge < -0.3 is 9.88 Å². The molecule has 2 atom stereocenters. The first-order chi connectivity index (χ1) is 23.0. The Kier molecular flexibility index (Phi) is 9.01. The number of aryl methyl sites for hydroxylation is 2. The van der Waals surface area contributed by atoms with Crippen molar-refractivity contribution in [2.45, 2.75) is 77.2 Å². The van der Waals surface area contributed by atoms with E-state index in [1.54, 1.807) is 11.3 Å². The molecule has 1 fully saturated rings. The van der Waals surface area contributed by atoms with Crippen LogP contribution >= 0.6 is 34.0 Å². The summed E-state index contributed by atoms with van der Waals surface area (Å²) < 4.78 is 0.798. The van der Waals surface area contributed by atoms with Gasteiger partial charge in [-0.2, -0.15) is 10.5 Å². The first kappa shape index (κ1) is 31.4. The number of hydrogen-bond donors (Lipinski definition) is 1. The quantitative estimate of drug-likeness (QED) is 0.158. The Bertz CT molecular complexity index is 2190. The average molecular weight is 673 g/mol. The predicted octanol–water partition coefficient (Wildman–Crippen LogP) is 9.14. The third-order valence-electron chi connectivity index (χ3n) is 9.44. The number of hydrogen-bond acceptors (Lipinski definition) is 7. The summed E-state index contributed by atoms with van der Waals surface area (Å²) in [5, 5.41) is 18.4. The summed E-state index contributed by atoms with van der Waals surface area (Å²) in [7, 11) is 0. The van der Waals surface area contributed by atoms with Crippen molar-refractivity contribution in [1.82, 2.24) is 4.98 Å². The molecule has 47 heavy (non-hydrogen) atoms. The molecule has 5 nitrogen and oxygen atoms in total. The third kappa shape index (κ3) is 6.14. The van der Waals surface area contributed by atoms with Gasteiger partial charge in [-0.05, 0) is 97.8 Å². The summed E-state index contributed by atoms with van der Waals surface area (Å²) in [5.41, 5.74) is 7.79. The zero-order valence-corrected chi connectivity index (χ0v) is 29.1. The van der Waals surface area contributed by atoms with E-state index in [2.05, 4.69) is 84.4 Å². The maximum Gasteiger partial charge on any atom is 0.266 e. The maximum atomic E-state index is 12.6. The van der Waals surface area contributed by atoms with Crippen molar-refractivity contribution >= 4 is 57.0 Å². The van der Waals surface area contributed by atoms with E-state index in [1.807, 2.05) is 29.6 Å². The van der Waals surface area contributed by atoms with Crippen LogP contribution < -0.4 is 19.7 Å². The number of H-pyrrole nitrogens is 1. The van der Waals surface area contributed by atoms with Crippen LogP contribution in [0.2, 0.25) is 0 Å². The number of nitrogens with zero attached hydrogens (tertiary/aromatic N) is 3. The van der Waals surface area contributed by atoms with Crippen molar-refractivity contribution in [2.24, 2.45) is 0 Å². The number of aromatic amines is 1. The molecule has 236 valence electrons. The molecule has 3 aromatic heterocycles. The lowest BCUT2D eigenvalue weighted by Gasteiger charge is -2.27. The highest BCUT2D eigenvalue weighted by molar-refractivity contribution is 7.24. The molecule has 2 aromatic carbocycles. The Labute approximate surface area is 287 Å². The van der Waals surface area contributed by atoms with Crippen LogP contribution in [-0.2, 0) is 6.42 Å². The molecule has 2 unspecified atom stereocenters. The van der Waals surface area contributed by atoms with Crippen LogP contribution in [0.1, 0.15) is 79.4 Å². The van der Waals surface area contributed by atoms with Crippen LogP contribution in [-0.4, -0.2) is 11.0 Å². The van der Waals surface area contributed by atoms with Gasteiger partial charge in [0.15, 0.2) is 5.57 Å². The summed E-state index contributed by atoms with van der Waals surface area (Å²) in [6.45, 7) is 4.40. The number of nitriles is 2. The number of nitrogens with one attached hydrogen (secondary N) is 1. The monoisotopic (exact) mass is 672 g/mol. The van der Waals surface area contributed by atoms with Crippen molar-refractivity contribution < 1.29 is 0 Å². The molecular formula is C39H36N4OS3. The van der Waals surface area contributed by atoms with Gasteiger partial charge in [-0.25, -0.2) is 0 Å². The highest BCUT2D eigenvalue weighted by Gasteiger charge is 2.42. The molecular weight excluding hydrogens is 637 g/mol. The molecule has 0 bridgehead atoms. The van der Waals surface area contributed by atoms with Crippen LogP contribution in [0.3, 0.4) is 0 Å². The van der Waals surface area contributed by atoms with Gasteiger partial charge in [0, 0.05) is 42.8 Å². The van der Waals surface area contributed by atoms with E-state index in [9.17, 15) is 15.3 Å². The molecule has 8 heteroatoms.